The van der Waals surface area contributed by atoms with Gasteiger partial charge in [-0.15, -0.1) is 0 Å². The highest BCUT2D eigenvalue weighted by Crippen LogP contribution is 2.24. The molecule has 28 heavy (non-hydrogen) atoms. The number of fused-ring (bicyclic) bond motifs is 1. The number of aldehydes is 2. The first kappa shape index (κ1) is 21.8. The number of hydrogen-bond donors (Lipinski definition) is 0. The molecule has 0 N–H and O–H groups in total. The molecule has 1 atom stereocenters. The lowest BCUT2D eigenvalue weighted by Crippen LogP contribution is -2.10. The van der Waals surface area contributed by atoms with Crippen molar-refractivity contribution in [3.05, 3.63) is 82.4 Å². The summed E-state index contributed by atoms with van der Waals surface area (Å²) in [6, 6.07) is 19.3. The van der Waals surface area contributed by atoms with Crippen LogP contribution in [0.25, 0.3) is 10.8 Å². The molecule has 3 rings (SSSR count). The van der Waals surface area contributed by atoms with Gasteiger partial charge >= 0.3 is 0 Å². The highest BCUT2D eigenvalue weighted by atomic mass is 35.5. The van der Waals surface area contributed by atoms with E-state index in [2.05, 4.69) is 6.92 Å². The van der Waals surface area contributed by atoms with Gasteiger partial charge in [-0.25, -0.2) is 0 Å². The molecule has 3 aromatic rings. The van der Waals surface area contributed by atoms with Gasteiger partial charge in [0, 0.05) is 17.7 Å². The van der Waals surface area contributed by atoms with Crippen molar-refractivity contribution in [1.29, 1.82) is 0 Å². The lowest BCUT2D eigenvalue weighted by molar-refractivity contribution is -0.110. The zero-order valence-electron chi connectivity index (χ0n) is 16.2. The fraction of sp³-hybridized carbons (Fsp3) is 0.250. The second kappa shape index (κ2) is 11.4. The van der Waals surface area contributed by atoms with Gasteiger partial charge in [-0.1, -0.05) is 73.5 Å². The summed E-state index contributed by atoms with van der Waals surface area (Å²) in [5.41, 5.74) is 2.93. The molecule has 0 aromatic heterocycles. The molecule has 0 radical (unpaired) electrons. The molecule has 4 heteroatoms. The van der Waals surface area contributed by atoms with Crippen molar-refractivity contribution in [2.75, 3.05) is 13.7 Å². The Morgan fingerprint density at radius 1 is 1.04 bits per heavy atom. The van der Waals surface area contributed by atoms with Crippen LogP contribution in [-0.4, -0.2) is 26.3 Å². The summed E-state index contributed by atoms with van der Waals surface area (Å²) in [5.74, 6) is -0.191. The zero-order chi connectivity index (χ0) is 20.4. The zero-order valence-corrected chi connectivity index (χ0v) is 17.0. The van der Waals surface area contributed by atoms with Gasteiger partial charge in [0.2, 0.25) is 0 Å². The molecule has 0 saturated carbocycles. The summed E-state index contributed by atoms with van der Waals surface area (Å²) in [7, 11) is 1.60. The molecule has 0 heterocycles. The Morgan fingerprint density at radius 3 is 2.46 bits per heavy atom. The predicted octanol–water partition coefficient (Wildman–Crippen LogP) is 5.87. The Labute approximate surface area is 171 Å². The average molecular weight is 397 g/mol. The van der Waals surface area contributed by atoms with Crippen LogP contribution in [0, 0.1) is 0 Å². The number of carbonyl (C=O) groups excluding carboxylic acids is 2. The second-order valence-electron chi connectivity index (χ2n) is 6.48. The van der Waals surface area contributed by atoms with E-state index in [1.807, 2.05) is 60.7 Å². The maximum absolute atomic E-state index is 11.0. The van der Waals surface area contributed by atoms with Gasteiger partial charge in [-0.2, -0.15) is 0 Å². The van der Waals surface area contributed by atoms with E-state index in [4.69, 9.17) is 16.3 Å². The van der Waals surface area contributed by atoms with Crippen molar-refractivity contribution in [3.8, 4) is 0 Å². The molecule has 1 unspecified atom stereocenters. The number of hydrogen-bond acceptors (Lipinski definition) is 3. The van der Waals surface area contributed by atoms with E-state index >= 15 is 0 Å². The molecule has 0 bridgehead atoms. The number of aryl methyl sites for hydroxylation is 1. The van der Waals surface area contributed by atoms with Gasteiger partial charge in [0.25, 0.3) is 0 Å². The Morgan fingerprint density at radius 2 is 1.79 bits per heavy atom. The molecule has 146 valence electrons. The van der Waals surface area contributed by atoms with Crippen LogP contribution in [0.5, 0.6) is 0 Å². The summed E-state index contributed by atoms with van der Waals surface area (Å²) < 4.78 is 5.05. The molecular formula is C24H25ClO3. The van der Waals surface area contributed by atoms with Crippen LogP contribution in [0.4, 0.5) is 0 Å². The van der Waals surface area contributed by atoms with Crippen LogP contribution in [-0.2, 0) is 16.0 Å². The van der Waals surface area contributed by atoms with Gasteiger partial charge in [0.1, 0.15) is 6.29 Å². The SMILES string of the molecule is CCCc1cc(Cl)ccc1C(C=O)COC.O=Cc1cccc2ccccc12. The van der Waals surface area contributed by atoms with Crippen molar-refractivity contribution in [1.82, 2.24) is 0 Å². The minimum Gasteiger partial charge on any atom is -0.384 e. The maximum atomic E-state index is 11.0. The largest absolute Gasteiger partial charge is 0.384 e. The quantitative estimate of drug-likeness (QED) is 0.469. The number of carbonyl (C=O) groups is 2. The highest BCUT2D eigenvalue weighted by molar-refractivity contribution is 6.30. The number of methoxy groups -OCH3 is 1. The molecule has 0 amide bonds. The van der Waals surface area contributed by atoms with Crippen LogP contribution in [0.15, 0.2) is 60.7 Å². The van der Waals surface area contributed by atoms with E-state index in [1.54, 1.807) is 7.11 Å². The lowest BCUT2D eigenvalue weighted by atomic mass is 9.93. The molecule has 3 aromatic carbocycles. The van der Waals surface area contributed by atoms with E-state index in [-0.39, 0.29) is 5.92 Å². The van der Waals surface area contributed by atoms with E-state index in [0.717, 1.165) is 52.9 Å². The van der Waals surface area contributed by atoms with Crippen molar-refractivity contribution in [2.45, 2.75) is 25.7 Å². The van der Waals surface area contributed by atoms with Crippen molar-refractivity contribution < 1.29 is 14.3 Å². The minimum absolute atomic E-state index is 0.191. The molecule has 0 spiro atoms. The average Bonchev–Trinajstić information content (AvgIpc) is 2.73. The summed E-state index contributed by atoms with van der Waals surface area (Å²) >= 11 is 5.96. The fourth-order valence-corrected chi connectivity index (χ4v) is 3.35. The first-order valence-corrected chi connectivity index (χ1v) is 9.67. The van der Waals surface area contributed by atoms with Gasteiger partial charge < -0.3 is 9.53 Å². The summed E-state index contributed by atoms with van der Waals surface area (Å²) in [6.45, 7) is 2.53. The predicted molar refractivity (Wildman–Crippen MR) is 115 cm³/mol. The third kappa shape index (κ3) is 5.75. The molecule has 0 fully saturated rings. The van der Waals surface area contributed by atoms with Gasteiger partial charge in [-0.05, 0) is 40.5 Å². The third-order valence-corrected chi connectivity index (χ3v) is 4.72. The molecule has 0 aliphatic carbocycles. The molecule has 3 nitrogen and oxygen atoms in total. The van der Waals surface area contributed by atoms with E-state index in [0.29, 0.717) is 11.6 Å². The Balaban J connectivity index is 0.000000207. The van der Waals surface area contributed by atoms with Crippen molar-refractivity contribution >= 4 is 34.9 Å². The standard InChI is InChI=1S/C13H17ClO2.C11H8O/c1-3-4-10-7-12(14)5-6-13(10)11(8-15)9-16-2;12-8-10-6-3-5-9-4-1-2-7-11(9)10/h5-8,11H,3-4,9H2,1-2H3;1-8H. The Hall–Kier alpha value is -2.49. The second-order valence-corrected chi connectivity index (χ2v) is 6.91. The monoisotopic (exact) mass is 396 g/mol. The number of rotatable bonds is 7. The van der Waals surface area contributed by atoms with Crippen LogP contribution in [0.2, 0.25) is 5.02 Å². The highest BCUT2D eigenvalue weighted by Gasteiger charge is 2.14. The Kier molecular flexibility index (Phi) is 8.86. The number of ether oxygens (including phenoxy) is 1. The van der Waals surface area contributed by atoms with Gasteiger partial charge in [-0.3, -0.25) is 4.79 Å². The minimum atomic E-state index is -0.191. The van der Waals surface area contributed by atoms with E-state index < -0.39 is 0 Å². The van der Waals surface area contributed by atoms with Crippen LogP contribution in [0.1, 0.15) is 40.7 Å². The molecule has 0 aliphatic rings. The fourth-order valence-electron chi connectivity index (χ4n) is 3.16. The summed E-state index contributed by atoms with van der Waals surface area (Å²) in [5, 5.41) is 2.85. The summed E-state index contributed by atoms with van der Waals surface area (Å²) in [6.07, 6.45) is 3.80. The third-order valence-electron chi connectivity index (χ3n) is 4.48. The van der Waals surface area contributed by atoms with Gasteiger partial charge in [0.15, 0.2) is 6.29 Å². The number of halogens is 1. The first-order chi connectivity index (χ1) is 13.6. The smallest absolute Gasteiger partial charge is 0.150 e. The van der Waals surface area contributed by atoms with E-state index in [1.165, 1.54) is 0 Å². The van der Waals surface area contributed by atoms with Gasteiger partial charge in [0.05, 0.1) is 12.5 Å². The van der Waals surface area contributed by atoms with Crippen LogP contribution < -0.4 is 0 Å². The molecule has 0 aliphatic heterocycles. The van der Waals surface area contributed by atoms with Crippen molar-refractivity contribution in [3.63, 3.8) is 0 Å². The van der Waals surface area contributed by atoms with E-state index in [9.17, 15) is 9.59 Å². The van der Waals surface area contributed by atoms with Crippen LogP contribution in [0.3, 0.4) is 0 Å². The summed E-state index contributed by atoms with van der Waals surface area (Å²) in [4.78, 5) is 21.6. The topological polar surface area (TPSA) is 43.4 Å². The Bertz CT molecular complexity index is 915. The lowest BCUT2D eigenvalue weighted by Gasteiger charge is -2.14. The van der Waals surface area contributed by atoms with Crippen molar-refractivity contribution in [2.24, 2.45) is 0 Å². The number of benzene rings is 3. The van der Waals surface area contributed by atoms with Crippen LogP contribution >= 0.6 is 11.6 Å². The molecule has 0 saturated heterocycles. The molecular weight excluding hydrogens is 372 g/mol. The first-order valence-electron chi connectivity index (χ1n) is 9.30. The normalized spacial score (nSPS) is 11.4. The maximum Gasteiger partial charge on any atom is 0.150 e.